The maximum absolute atomic E-state index is 12.0. The van der Waals surface area contributed by atoms with Gasteiger partial charge < -0.3 is 15.2 Å². The molecule has 21 heavy (non-hydrogen) atoms. The van der Waals surface area contributed by atoms with Gasteiger partial charge in [0.1, 0.15) is 5.60 Å². The van der Waals surface area contributed by atoms with Crippen LogP contribution in [-0.4, -0.2) is 22.8 Å². The molecule has 1 amide bonds. The molecule has 5 nitrogen and oxygen atoms in total. The van der Waals surface area contributed by atoms with E-state index in [1.54, 1.807) is 20.8 Å². The van der Waals surface area contributed by atoms with E-state index in [9.17, 15) is 14.7 Å². The van der Waals surface area contributed by atoms with E-state index in [1.165, 1.54) is 0 Å². The van der Waals surface area contributed by atoms with E-state index in [2.05, 4.69) is 5.32 Å². The molecule has 0 bridgehead atoms. The van der Waals surface area contributed by atoms with Gasteiger partial charge >= 0.3 is 12.1 Å². The number of fused-ring (bicyclic) bond motifs is 1. The molecule has 2 atom stereocenters. The fraction of sp³-hybridized carbons (Fsp3) is 0.500. The number of nitrogens with one attached hydrogen (secondary N) is 1. The van der Waals surface area contributed by atoms with E-state index in [4.69, 9.17) is 4.74 Å². The van der Waals surface area contributed by atoms with E-state index < -0.39 is 29.6 Å². The third kappa shape index (κ3) is 3.74. The van der Waals surface area contributed by atoms with Gasteiger partial charge in [0.2, 0.25) is 0 Å². The van der Waals surface area contributed by atoms with Crippen molar-refractivity contribution in [3.8, 4) is 0 Å². The van der Waals surface area contributed by atoms with Crippen molar-refractivity contribution < 1.29 is 19.4 Å². The summed E-state index contributed by atoms with van der Waals surface area (Å²) in [5.41, 5.74) is 1.33. The first-order valence-corrected chi connectivity index (χ1v) is 7.08. The number of carboxylic acids is 1. The first-order chi connectivity index (χ1) is 9.78. The highest BCUT2D eigenvalue weighted by atomic mass is 16.6. The van der Waals surface area contributed by atoms with Crippen LogP contribution >= 0.6 is 0 Å². The highest BCUT2D eigenvalue weighted by Crippen LogP contribution is 2.34. The van der Waals surface area contributed by atoms with Gasteiger partial charge in [-0.2, -0.15) is 0 Å². The molecule has 0 aromatic heterocycles. The second-order valence-corrected chi connectivity index (χ2v) is 6.31. The Balaban J connectivity index is 2.24. The number of alkyl carbamates (subject to hydrolysis) is 1. The molecule has 0 unspecified atom stereocenters. The lowest BCUT2D eigenvalue weighted by Crippen LogP contribution is -2.42. The standard InChI is InChI=1S/C16H21NO4/c1-16(2,3)21-15(20)17-13-11-7-5-4-6-10(11)8-9-12(13)14(18)19/h4-7,12-13H,8-9H2,1-3H3,(H,17,20)(H,18,19)/t12-,13+/m0/s1. The summed E-state index contributed by atoms with van der Waals surface area (Å²) in [6.45, 7) is 5.32. The maximum Gasteiger partial charge on any atom is 0.408 e. The van der Waals surface area contributed by atoms with Crippen LogP contribution < -0.4 is 5.32 Å². The monoisotopic (exact) mass is 291 g/mol. The minimum Gasteiger partial charge on any atom is -0.481 e. The largest absolute Gasteiger partial charge is 0.481 e. The summed E-state index contributed by atoms with van der Waals surface area (Å²) in [5.74, 6) is -1.53. The van der Waals surface area contributed by atoms with E-state index in [1.807, 2.05) is 24.3 Å². The molecular weight excluding hydrogens is 270 g/mol. The van der Waals surface area contributed by atoms with Crippen molar-refractivity contribution >= 4 is 12.1 Å². The zero-order chi connectivity index (χ0) is 15.6. The van der Waals surface area contributed by atoms with E-state index >= 15 is 0 Å². The van der Waals surface area contributed by atoms with Gasteiger partial charge in [-0.05, 0) is 44.7 Å². The van der Waals surface area contributed by atoms with Crippen LogP contribution in [0.25, 0.3) is 0 Å². The fourth-order valence-corrected chi connectivity index (χ4v) is 2.64. The Labute approximate surface area is 124 Å². The number of aryl methyl sites for hydroxylation is 1. The molecule has 0 heterocycles. The molecule has 2 N–H and O–H groups in total. The molecule has 0 saturated carbocycles. The van der Waals surface area contributed by atoms with Crippen LogP contribution in [0.4, 0.5) is 4.79 Å². The number of aliphatic carboxylic acids is 1. The van der Waals surface area contributed by atoms with E-state index in [0.717, 1.165) is 11.1 Å². The predicted octanol–water partition coefficient (Wildman–Crippen LogP) is 2.90. The van der Waals surface area contributed by atoms with Gasteiger partial charge in [-0.15, -0.1) is 0 Å². The Morgan fingerprint density at radius 1 is 1.29 bits per heavy atom. The summed E-state index contributed by atoms with van der Waals surface area (Å²) in [4.78, 5) is 23.4. The molecule has 1 aliphatic rings. The van der Waals surface area contributed by atoms with Crippen molar-refractivity contribution in [3.63, 3.8) is 0 Å². The summed E-state index contributed by atoms with van der Waals surface area (Å²) in [6, 6.07) is 7.06. The Kier molecular flexibility index (Phi) is 4.21. The summed E-state index contributed by atoms with van der Waals surface area (Å²) in [5, 5.41) is 12.1. The smallest absolute Gasteiger partial charge is 0.408 e. The number of benzene rings is 1. The maximum atomic E-state index is 12.0. The number of carbonyl (C=O) groups excluding carboxylic acids is 1. The lowest BCUT2D eigenvalue weighted by molar-refractivity contribution is -0.143. The minimum atomic E-state index is -0.898. The summed E-state index contributed by atoms with van der Waals surface area (Å²) in [6.07, 6.45) is 0.627. The van der Waals surface area contributed by atoms with E-state index in [0.29, 0.717) is 12.8 Å². The lowest BCUT2D eigenvalue weighted by Gasteiger charge is -2.32. The van der Waals surface area contributed by atoms with Crippen LogP contribution in [0.2, 0.25) is 0 Å². The average molecular weight is 291 g/mol. The van der Waals surface area contributed by atoms with Crippen molar-refractivity contribution in [2.75, 3.05) is 0 Å². The van der Waals surface area contributed by atoms with Crippen LogP contribution in [0.1, 0.15) is 44.4 Å². The molecule has 0 fully saturated rings. The number of ether oxygens (including phenoxy) is 1. The highest BCUT2D eigenvalue weighted by Gasteiger charge is 2.36. The van der Waals surface area contributed by atoms with Crippen LogP contribution in [0.5, 0.6) is 0 Å². The molecule has 1 aliphatic carbocycles. The summed E-state index contributed by atoms with van der Waals surface area (Å²) in [7, 11) is 0. The second-order valence-electron chi connectivity index (χ2n) is 6.31. The van der Waals surface area contributed by atoms with Gasteiger partial charge in [0.25, 0.3) is 0 Å². The van der Waals surface area contributed by atoms with Gasteiger partial charge in [-0.1, -0.05) is 24.3 Å². The van der Waals surface area contributed by atoms with Crippen molar-refractivity contribution in [3.05, 3.63) is 35.4 Å². The topological polar surface area (TPSA) is 75.6 Å². The molecule has 1 aromatic carbocycles. The van der Waals surface area contributed by atoms with Crippen LogP contribution in [0.3, 0.4) is 0 Å². The third-order valence-corrected chi connectivity index (χ3v) is 3.51. The Hall–Kier alpha value is -2.04. The molecule has 2 rings (SSSR count). The summed E-state index contributed by atoms with van der Waals surface area (Å²) < 4.78 is 5.24. The van der Waals surface area contributed by atoms with E-state index in [-0.39, 0.29) is 0 Å². The third-order valence-electron chi connectivity index (χ3n) is 3.51. The van der Waals surface area contributed by atoms with Crippen LogP contribution in [0.15, 0.2) is 24.3 Å². The van der Waals surface area contributed by atoms with Gasteiger partial charge in [0.05, 0.1) is 12.0 Å². The van der Waals surface area contributed by atoms with Crippen molar-refractivity contribution in [1.29, 1.82) is 0 Å². The molecule has 1 aromatic rings. The van der Waals surface area contributed by atoms with Crippen LogP contribution in [0, 0.1) is 5.92 Å². The van der Waals surface area contributed by atoms with Crippen LogP contribution in [-0.2, 0) is 16.0 Å². The van der Waals surface area contributed by atoms with Gasteiger partial charge in [0, 0.05) is 0 Å². The SMILES string of the molecule is CC(C)(C)OC(=O)N[C@@H]1c2ccccc2CC[C@@H]1C(=O)O. The molecule has 0 saturated heterocycles. The number of rotatable bonds is 2. The number of amides is 1. The zero-order valence-electron chi connectivity index (χ0n) is 12.6. The number of carboxylic acid groups (broad SMARTS) is 1. The predicted molar refractivity (Wildman–Crippen MR) is 78.0 cm³/mol. The normalized spacial score (nSPS) is 21.3. The Morgan fingerprint density at radius 2 is 1.95 bits per heavy atom. The van der Waals surface area contributed by atoms with Gasteiger partial charge in [-0.25, -0.2) is 4.79 Å². The quantitative estimate of drug-likeness (QED) is 0.878. The zero-order valence-corrected chi connectivity index (χ0v) is 12.6. The fourth-order valence-electron chi connectivity index (χ4n) is 2.64. The van der Waals surface area contributed by atoms with Crippen molar-refractivity contribution in [2.45, 2.75) is 45.3 Å². The molecule has 0 radical (unpaired) electrons. The number of hydrogen-bond donors (Lipinski definition) is 2. The Morgan fingerprint density at radius 3 is 2.57 bits per heavy atom. The first kappa shape index (κ1) is 15.4. The number of carbonyl (C=O) groups is 2. The Bertz CT molecular complexity index is 547. The first-order valence-electron chi connectivity index (χ1n) is 7.08. The molecule has 0 spiro atoms. The second kappa shape index (κ2) is 5.76. The van der Waals surface area contributed by atoms with Crippen molar-refractivity contribution in [2.24, 2.45) is 5.92 Å². The molecule has 0 aliphatic heterocycles. The number of hydrogen-bond acceptors (Lipinski definition) is 3. The summed E-state index contributed by atoms with van der Waals surface area (Å²) >= 11 is 0. The van der Waals surface area contributed by atoms with Gasteiger partial charge in [-0.3, -0.25) is 4.79 Å². The average Bonchev–Trinajstić information content (AvgIpc) is 2.36. The van der Waals surface area contributed by atoms with Crippen molar-refractivity contribution in [1.82, 2.24) is 5.32 Å². The molecular formula is C16H21NO4. The molecule has 114 valence electrons. The minimum absolute atomic E-state index is 0.507. The van der Waals surface area contributed by atoms with Gasteiger partial charge in [0.15, 0.2) is 0 Å². The lowest BCUT2D eigenvalue weighted by atomic mass is 9.80. The molecule has 5 heteroatoms. The highest BCUT2D eigenvalue weighted by molar-refractivity contribution is 5.75.